The van der Waals surface area contributed by atoms with Gasteiger partial charge in [0.05, 0.1) is 0 Å². The van der Waals surface area contributed by atoms with Crippen LogP contribution in [0, 0.1) is 0 Å². The van der Waals surface area contributed by atoms with Gasteiger partial charge < -0.3 is 15.5 Å². The molecule has 2 fully saturated rings. The van der Waals surface area contributed by atoms with Crippen LogP contribution in [0.4, 0.5) is 0 Å². The molecule has 1 saturated heterocycles. The van der Waals surface area contributed by atoms with Crippen LogP contribution in [-0.2, 0) is 4.79 Å². The molecule has 1 unspecified atom stereocenters. The zero-order valence-electron chi connectivity index (χ0n) is 18.9. The lowest BCUT2D eigenvalue weighted by Gasteiger charge is -2.37. The number of likely N-dealkylation sites (N-methyl/N-ethyl adjacent to an activating group) is 1. The van der Waals surface area contributed by atoms with Crippen molar-refractivity contribution < 1.29 is 4.79 Å². The normalized spacial score (nSPS) is 20.6. The lowest BCUT2D eigenvalue weighted by atomic mass is 9.95. The Morgan fingerprint density at radius 3 is 2.23 bits per heavy atom. The zero-order chi connectivity index (χ0) is 21.3. The van der Waals surface area contributed by atoms with Crippen LogP contribution in [0.5, 0.6) is 0 Å². The molecule has 1 aromatic rings. The molecular formula is C24H39N5O. The number of aliphatic imine (C=N–C) groups is 1. The summed E-state index contributed by atoms with van der Waals surface area (Å²) in [6.07, 6.45) is 8.43. The van der Waals surface area contributed by atoms with E-state index in [9.17, 15) is 4.79 Å². The maximum absolute atomic E-state index is 12.0. The van der Waals surface area contributed by atoms with E-state index in [0.717, 1.165) is 31.9 Å². The first-order chi connectivity index (χ1) is 14.5. The van der Waals surface area contributed by atoms with Gasteiger partial charge in [0.1, 0.15) is 6.54 Å². The summed E-state index contributed by atoms with van der Waals surface area (Å²) in [6.45, 7) is 4.63. The number of rotatable bonds is 6. The number of carbonyl (C=O) groups excluding carboxylic acids is 1. The number of nitrogens with zero attached hydrogens (tertiary/aromatic N) is 3. The first-order valence-electron chi connectivity index (χ1n) is 11.6. The average molecular weight is 414 g/mol. The van der Waals surface area contributed by atoms with Gasteiger partial charge in [-0.15, -0.1) is 0 Å². The number of guanidine groups is 1. The fourth-order valence-electron chi connectivity index (χ4n) is 4.43. The number of likely N-dealkylation sites (tertiary alicyclic amines) is 1. The van der Waals surface area contributed by atoms with Gasteiger partial charge in [0.15, 0.2) is 5.96 Å². The highest BCUT2D eigenvalue weighted by Crippen LogP contribution is 2.24. The smallest absolute Gasteiger partial charge is 0.243 e. The molecule has 0 aromatic heterocycles. The van der Waals surface area contributed by atoms with Crippen LogP contribution in [0.3, 0.4) is 0 Å². The van der Waals surface area contributed by atoms with Gasteiger partial charge in [-0.05, 0) is 38.2 Å². The van der Waals surface area contributed by atoms with Crippen LogP contribution in [0.2, 0.25) is 0 Å². The van der Waals surface area contributed by atoms with Gasteiger partial charge in [-0.1, -0.05) is 49.6 Å². The number of benzene rings is 1. The lowest BCUT2D eigenvalue weighted by molar-refractivity contribution is -0.127. The van der Waals surface area contributed by atoms with E-state index >= 15 is 0 Å². The fraction of sp³-hybridized carbons (Fsp3) is 0.667. The van der Waals surface area contributed by atoms with Crippen LogP contribution in [0.25, 0.3) is 0 Å². The third kappa shape index (κ3) is 6.73. The molecule has 1 aliphatic heterocycles. The maximum Gasteiger partial charge on any atom is 0.243 e. The molecule has 1 atom stereocenters. The maximum atomic E-state index is 12.0. The zero-order valence-corrected chi connectivity index (χ0v) is 18.9. The first kappa shape index (κ1) is 22.6. The van der Waals surface area contributed by atoms with Gasteiger partial charge in [-0.25, -0.2) is 4.99 Å². The minimum absolute atomic E-state index is 0.0336. The third-order valence-corrected chi connectivity index (χ3v) is 6.52. The molecule has 2 aliphatic rings. The molecule has 0 spiro atoms. The topological polar surface area (TPSA) is 60.0 Å². The molecule has 2 N–H and O–H groups in total. The Hall–Kier alpha value is -2.08. The van der Waals surface area contributed by atoms with Crippen molar-refractivity contribution in [3.8, 4) is 0 Å². The first-order valence-corrected chi connectivity index (χ1v) is 11.6. The molecule has 0 radical (unpaired) electrons. The summed E-state index contributed by atoms with van der Waals surface area (Å²) in [5.41, 5.74) is 1.38. The molecule has 6 heteroatoms. The van der Waals surface area contributed by atoms with Crippen molar-refractivity contribution in [3.63, 3.8) is 0 Å². The number of hydrogen-bond acceptors (Lipinski definition) is 3. The second-order valence-electron chi connectivity index (χ2n) is 8.97. The van der Waals surface area contributed by atoms with Crippen LogP contribution < -0.4 is 10.6 Å². The number of carbonyl (C=O) groups is 1. The highest BCUT2D eigenvalue weighted by atomic mass is 16.2. The number of nitrogens with one attached hydrogen (secondary N) is 2. The van der Waals surface area contributed by atoms with Crippen LogP contribution in [-0.4, -0.2) is 67.5 Å². The Kier molecular flexibility index (Phi) is 8.55. The Morgan fingerprint density at radius 1 is 1.03 bits per heavy atom. The minimum Gasteiger partial charge on any atom is -0.354 e. The van der Waals surface area contributed by atoms with E-state index in [2.05, 4.69) is 57.8 Å². The predicted octanol–water partition coefficient (Wildman–Crippen LogP) is 3.17. The summed E-state index contributed by atoms with van der Waals surface area (Å²) < 4.78 is 0. The van der Waals surface area contributed by atoms with Crippen molar-refractivity contribution in [2.75, 3.05) is 33.7 Å². The molecule has 1 aromatic carbocycles. The summed E-state index contributed by atoms with van der Waals surface area (Å²) in [7, 11) is 3.56. The van der Waals surface area contributed by atoms with E-state index in [1.54, 1.807) is 19.0 Å². The van der Waals surface area contributed by atoms with E-state index in [1.165, 1.54) is 37.7 Å². The number of piperidine rings is 1. The quantitative estimate of drug-likeness (QED) is 0.556. The monoisotopic (exact) mass is 413 g/mol. The molecule has 30 heavy (non-hydrogen) atoms. The molecule has 0 bridgehead atoms. The van der Waals surface area contributed by atoms with E-state index < -0.39 is 0 Å². The summed E-state index contributed by atoms with van der Waals surface area (Å²) in [5.74, 6) is 0.845. The van der Waals surface area contributed by atoms with Gasteiger partial charge in [0.25, 0.3) is 0 Å². The van der Waals surface area contributed by atoms with Crippen LogP contribution in [0.15, 0.2) is 35.3 Å². The van der Waals surface area contributed by atoms with Gasteiger partial charge in [0.2, 0.25) is 5.91 Å². The summed E-state index contributed by atoms with van der Waals surface area (Å²) in [6, 6.07) is 12.1. The van der Waals surface area contributed by atoms with Crippen molar-refractivity contribution >= 4 is 11.9 Å². The van der Waals surface area contributed by atoms with Crippen LogP contribution in [0.1, 0.15) is 63.5 Å². The molecule has 166 valence electrons. The molecule has 1 saturated carbocycles. The largest absolute Gasteiger partial charge is 0.354 e. The predicted molar refractivity (Wildman–Crippen MR) is 124 cm³/mol. The molecule has 1 amide bonds. The number of amides is 1. The average Bonchev–Trinajstić information content (AvgIpc) is 2.78. The highest BCUT2D eigenvalue weighted by molar-refractivity contribution is 5.85. The molecule has 6 nitrogen and oxygen atoms in total. The van der Waals surface area contributed by atoms with E-state index in [0.29, 0.717) is 18.1 Å². The minimum atomic E-state index is 0.0336. The SMILES string of the molecule is CC(c1ccccc1)N1CCC(NC(=NCC(=O)N(C)C)NC2CCCCC2)CC1. The van der Waals surface area contributed by atoms with Crippen molar-refractivity contribution in [1.29, 1.82) is 0 Å². The molecule has 1 aliphatic carbocycles. The molecular weight excluding hydrogens is 374 g/mol. The summed E-state index contributed by atoms with van der Waals surface area (Å²) >= 11 is 0. The van der Waals surface area contributed by atoms with Crippen molar-refractivity contribution in [2.45, 2.75) is 70.0 Å². The van der Waals surface area contributed by atoms with E-state index in [-0.39, 0.29) is 12.5 Å². The van der Waals surface area contributed by atoms with E-state index in [4.69, 9.17) is 0 Å². The lowest BCUT2D eigenvalue weighted by Crippen LogP contribution is -2.51. The van der Waals surface area contributed by atoms with Gasteiger partial charge in [0, 0.05) is 45.3 Å². The van der Waals surface area contributed by atoms with Crippen LogP contribution >= 0.6 is 0 Å². The van der Waals surface area contributed by atoms with Crippen molar-refractivity contribution in [2.24, 2.45) is 4.99 Å². The Morgan fingerprint density at radius 2 is 1.63 bits per heavy atom. The van der Waals surface area contributed by atoms with Gasteiger partial charge in [-0.2, -0.15) is 0 Å². The van der Waals surface area contributed by atoms with Crippen molar-refractivity contribution in [3.05, 3.63) is 35.9 Å². The summed E-state index contributed by atoms with van der Waals surface area (Å²) in [5, 5.41) is 7.25. The fourth-order valence-corrected chi connectivity index (χ4v) is 4.43. The van der Waals surface area contributed by atoms with E-state index in [1.807, 2.05) is 0 Å². The Labute approximate surface area is 182 Å². The van der Waals surface area contributed by atoms with Crippen molar-refractivity contribution in [1.82, 2.24) is 20.4 Å². The molecule has 1 heterocycles. The Balaban J connectivity index is 1.54. The third-order valence-electron chi connectivity index (χ3n) is 6.52. The summed E-state index contributed by atoms with van der Waals surface area (Å²) in [4.78, 5) is 20.8. The number of hydrogen-bond donors (Lipinski definition) is 2. The molecule has 3 rings (SSSR count). The second-order valence-corrected chi connectivity index (χ2v) is 8.97. The second kappa shape index (κ2) is 11.3. The Bertz CT molecular complexity index is 676. The van der Waals surface area contributed by atoms with Gasteiger partial charge in [-0.3, -0.25) is 9.69 Å². The van der Waals surface area contributed by atoms with Gasteiger partial charge >= 0.3 is 0 Å². The standard InChI is InChI=1S/C24H39N5O/c1-19(20-10-6-4-7-11-20)29-16-14-22(15-17-29)27-24(25-18-23(30)28(2)3)26-21-12-8-5-9-13-21/h4,6-7,10-11,19,21-22H,5,8-9,12-18H2,1-3H3,(H2,25,26,27). The highest BCUT2D eigenvalue weighted by Gasteiger charge is 2.25.